The minimum Gasteiger partial charge on any atom is -0.0919 e. The molecular formula is C48H42. The fraction of sp³-hybridized carbons (Fsp3) is 0.125. The lowest BCUT2D eigenvalue weighted by molar-refractivity contribution is 1.26. The number of rotatable bonds is 2. The zero-order valence-electron chi connectivity index (χ0n) is 28.6. The largest absolute Gasteiger partial charge is 0.0919 e. The number of aryl methyl sites for hydroxylation is 3. The van der Waals surface area contributed by atoms with Crippen molar-refractivity contribution in [2.75, 3.05) is 0 Å². The Morgan fingerprint density at radius 1 is 0.396 bits per heavy atom. The third-order valence-electron chi connectivity index (χ3n) is 9.68. The summed E-state index contributed by atoms with van der Waals surface area (Å²) in [5.74, 6) is 0. The molecule has 1 aliphatic carbocycles. The molecule has 0 saturated carbocycles. The van der Waals surface area contributed by atoms with Gasteiger partial charge in [0.05, 0.1) is 0 Å². The molecule has 0 aromatic heterocycles. The van der Waals surface area contributed by atoms with E-state index < -0.39 is 0 Å². The van der Waals surface area contributed by atoms with E-state index in [1.807, 2.05) is 26.0 Å². The highest BCUT2D eigenvalue weighted by molar-refractivity contribution is 6.27. The lowest BCUT2D eigenvalue weighted by atomic mass is 9.87. The first-order chi connectivity index (χ1) is 23.4. The van der Waals surface area contributed by atoms with Gasteiger partial charge in [0.1, 0.15) is 0 Å². The van der Waals surface area contributed by atoms with Crippen LogP contribution in [0.3, 0.4) is 0 Å². The first-order valence-corrected chi connectivity index (χ1v) is 17.0. The molecule has 0 bridgehead atoms. The van der Waals surface area contributed by atoms with Crippen LogP contribution in [0.2, 0.25) is 0 Å². The van der Waals surface area contributed by atoms with Crippen molar-refractivity contribution in [3.8, 4) is 33.4 Å². The van der Waals surface area contributed by atoms with Gasteiger partial charge in [-0.1, -0.05) is 168 Å². The molecule has 8 aromatic rings. The predicted molar refractivity (Wildman–Crippen MR) is 210 cm³/mol. The van der Waals surface area contributed by atoms with Gasteiger partial charge in [-0.2, -0.15) is 0 Å². The third kappa shape index (κ3) is 5.91. The summed E-state index contributed by atoms with van der Waals surface area (Å²) < 4.78 is 0. The Bertz CT molecular complexity index is 2360. The molecule has 0 fully saturated rings. The normalized spacial score (nSPS) is 11.7. The van der Waals surface area contributed by atoms with Crippen molar-refractivity contribution >= 4 is 32.3 Å². The van der Waals surface area contributed by atoms with Gasteiger partial charge in [0.2, 0.25) is 0 Å². The second-order valence-corrected chi connectivity index (χ2v) is 13.0. The van der Waals surface area contributed by atoms with Crippen LogP contribution in [0, 0.1) is 20.8 Å². The van der Waals surface area contributed by atoms with Crippen LogP contribution in [-0.4, -0.2) is 0 Å². The first kappa shape index (κ1) is 31.2. The van der Waals surface area contributed by atoms with Crippen LogP contribution in [0.4, 0.5) is 0 Å². The summed E-state index contributed by atoms with van der Waals surface area (Å²) in [6.45, 7) is 10.3. The molecule has 0 N–H and O–H groups in total. The molecule has 0 unspecified atom stereocenters. The molecule has 0 saturated heterocycles. The summed E-state index contributed by atoms with van der Waals surface area (Å²) in [5, 5.41) is 8.03. The predicted octanol–water partition coefficient (Wildman–Crippen LogP) is 13.7. The topological polar surface area (TPSA) is 0 Å². The van der Waals surface area contributed by atoms with Gasteiger partial charge >= 0.3 is 0 Å². The Kier molecular flexibility index (Phi) is 8.66. The van der Waals surface area contributed by atoms with Crippen LogP contribution in [0.15, 0.2) is 152 Å². The summed E-state index contributed by atoms with van der Waals surface area (Å²) in [6, 6.07) is 51.7. The molecule has 8 aromatic carbocycles. The molecule has 234 valence electrons. The van der Waals surface area contributed by atoms with Gasteiger partial charge in [-0.05, 0) is 118 Å². The van der Waals surface area contributed by atoms with Crippen molar-refractivity contribution in [3.05, 3.63) is 179 Å². The van der Waals surface area contributed by atoms with Crippen molar-refractivity contribution < 1.29 is 0 Å². The summed E-state index contributed by atoms with van der Waals surface area (Å²) >= 11 is 0. The van der Waals surface area contributed by atoms with Crippen LogP contribution in [0.5, 0.6) is 0 Å². The second-order valence-electron chi connectivity index (χ2n) is 13.0. The molecular weight excluding hydrogens is 577 g/mol. The maximum atomic E-state index is 2.42. The van der Waals surface area contributed by atoms with Crippen LogP contribution in [0.1, 0.15) is 41.7 Å². The van der Waals surface area contributed by atoms with Gasteiger partial charge in [-0.15, -0.1) is 0 Å². The zero-order chi connectivity index (χ0) is 33.2. The average Bonchev–Trinajstić information content (AvgIpc) is 3.50. The minimum atomic E-state index is 1.02. The van der Waals surface area contributed by atoms with Crippen LogP contribution >= 0.6 is 0 Å². The van der Waals surface area contributed by atoms with E-state index in [1.54, 1.807) is 0 Å². The number of fused-ring (bicyclic) bond motifs is 3. The fourth-order valence-corrected chi connectivity index (χ4v) is 6.99. The Hall–Kier alpha value is -5.46. The first-order valence-electron chi connectivity index (χ1n) is 17.0. The van der Waals surface area contributed by atoms with Crippen molar-refractivity contribution in [1.29, 1.82) is 0 Å². The van der Waals surface area contributed by atoms with Crippen LogP contribution in [-0.2, 0) is 6.42 Å². The van der Waals surface area contributed by atoms with E-state index in [0.29, 0.717) is 0 Å². The molecule has 0 heterocycles. The SMILES string of the molecule is C/C=C\C.Cc1ccc(-c2ccc3ccc4c(-c5ccc6c(c5)Cc5ccccc5-6)ccc5ccc2c3c54)cc1.Cc1ccc(C)cc1. The molecule has 0 heteroatoms. The average molecular weight is 619 g/mol. The summed E-state index contributed by atoms with van der Waals surface area (Å²) in [7, 11) is 0. The monoisotopic (exact) mass is 618 g/mol. The van der Waals surface area contributed by atoms with Crippen LogP contribution < -0.4 is 0 Å². The second kappa shape index (κ2) is 13.3. The Morgan fingerprint density at radius 2 is 0.833 bits per heavy atom. The highest BCUT2D eigenvalue weighted by Gasteiger charge is 2.20. The summed E-state index contributed by atoms with van der Waals surface area (Å²) in [6.07, 6.45) is 5.02. The molecule has 0 radical (unpaired) electrons. The Balaban J connectivity index is 0.000000260. The Labute approximate surface area is 285 Å². The van der Waals surface area contributed by atoms with Crippen molar-refractivity contribution in [1.82, 2.24) is 0 Å². The molecule has 1 aliphatic rings. The molecule has 0 aliphatic heterocycles. The van der Waals surface area contributed by atoms with E-state index in [1.165, 1.54) is 93.5 Å². The van der Waals surface area contributed by atoms with E-state index in [2.05, 4.69) is 160 Å². The van der Waals surface area contributed by atoms with E-state index in [9.17, 15) is 0 Å². The quantitative estimate of drug-likeness (QED) is 0.134. The Morgan fingerprint density at radius 3 is 1.40 bits per heavy atom. The highest BCUT2D eigenvalue weighted by atomic mass is 14.2. The molecule has 0 nitrogen and oxygen atoms in total. The minimum absolute atomic E-state index is 1.02. The maximum absolute atomic E-state index is 2.42. The van der Waals surface area contributed by atoms with E-state index >= 15 is 0 Å². The van der Waals surface area contributed by atoms with Gasteiger partial charge in [0, 0.05) is 0 Å². The van der Waals surface area contributed by atoms with Crippen LogP contribution in [0.25, 0.3) is 65.7 Å². The maximum Gasteiger partial charge on any atom is -0.00132 e. The van der Waals surface area contributed by atoms with Gasteiger partial charge in [-0.25, -0.2) is 0 Å². The van der Waals surface area contributed by atoms with E-state index in [4.69, 9.17) is 0 Å². The van der Waals surface area contributed by atoms with Gasteiger partial charge in [0.25, 0.3) is 0 Å². The van der Waals surface area contributed by atoms with Crippen molar-refractivity contribution in [2.45, 2.75) is 41.0 Å². The molecule has 0 atom stereocenters. The lowest BCUT2D eigenvalue weighted by Crippen LogP contribution is -1.90. The third-order valence-corrected chi connectivity index (χ3v) is 9.68. The summed E-state index contributed by atoms with van der Waals surface area (Å²) in [4.78, 5) is 0. The smallest absolute Gasteiger partial charge is 0.00132 e. The van der Waals surface area contributed by atoms with Crippen molar-refractivity contribution in [3.63, 3.8) is 0 Å². The number of hydrogen-bond donors (Lipinski definition) is 0. The van der Waals surface area contributed by atoms with Crippen molar-refractivity contribution in [2.24, 2.45) is 0 Å². The van der Waals surface area contributed by atoms with E-state index in [0.717, 1.165) is 6.42 Å². The highest BCUT2D eigenvalue weighted by Crippen LogP contribution is 2.44. The summed E-state index contributed by atoms with van der Waals surface area (Å²) in [5.41, 5.74) is 14.8. The fourth-order valence-electron chi connectivity index (χ4n) is 6.99. The standard InChI is InChI=1S/C36H24.C8H10.C4H8/c1-22-6-8-23(9-7-22)30-15-10-24-13-19-34-31(16-11-25-12-18-33(30)35(24)36(25)34)27-14-17-32-28(21-27)20-26-4-2-3-5-29(26)32;1-7-3-5-8(2)6-4-7;1-3-4-2/h2-19,21H,20H2,1H3;3-6H,1-2H3;3-4H,1-2H3/b;;4-3-. The van der Waals surface area contributed by atoms with Gasteiger partial charge < -0.3 is 0 Å². The van der Waals surface area contributed by atoms with Gasteiger partial charge in [-0.3, -0.25) is 0 Å². The lowest BCUT2D eigenvalue weighted by Gasteiger charge is -2.17. The van der Waals surface area contributed by atoms with Gasteiger partial charge in [0.15, 0.2) is 0 Å². The van der Waals surface area contributed by atoms with E-state index in [-0.39, 0.29) is 0 Å². The number of allylic oxidation sites excluding steroid dienone is 2. The number of benzene rings is 8. The number of hydrogen-bond acceptors (Lipinski definition) is 0. The molecule has 9 rings (SSSR count). The molecule has 48 heavy (non-hydrogen) atoms. The molecule has 0 spiro atoms. The molecule has 0 amide bonds. The zero-order valence-corrected chi connectivity index (χ0v) is 28.6.